The van der Waals surface area contributed by atoms with Crippen LogP contribution in [0.5, 0.6) is 11.5 Å². The van der Waals surface area contributed by atoms with Crippen LogP contribution in [0, 0.1) is 0 Å². The minimum Gasteiger partial charge on any atom is -0.452 e. The van der Waals surface area contributed by atoms with Crippen molar-refractivity contribution < 1.29 is 19.1 Å². The zero-order chi connectivity index (χ0) is 17.3. The fraction of sp³-hybridized carbons (Fsp3) is 0.111. The third-order valence-electron chi connectivity index (χ3n) is 3.40. The third-order valence-corrected chi connectivity index (χ3v) is 4.14. The van der Waals surface area contributed by atoms with Gasteiger partial charge in [0.1, 0.15) is 11.5 Å². The second kappa shape index (κ2) is 6.67. The highest BCUT2D eigenvalue weighted by Gasteiger charge is 2.28. The van der Waals surface area contributed by atoms with Gasteiger partial charge in [-0.1, -0.05) is 36.2 Å². The van der Waals surface area contributed by atoms with Crippen LogP contribution in [-0.4, -0.2) is 11.8 Å². The molecule has 6 heteroatoms. The van der Waals surface area contributed by atoms with E-state index in [-0.39, 0.29) is 23.9 Å². The van der Waals surface area contributed by atoms with Gasteiger partial charge < -0.3 is 9.47 Å². The molecule has 0 amide bonds. The van der Waals surface area contributed by atoms with Crippen LogP contribution in [0.2, 0.25) is 10.0 Å². The second-order valence-electron chi connectivity index (χ2n) is 5.10. The lowest BCUT2D eigenvalue weighted by atomic mass is 10.1. The Bertz CT molecular complexity index is 871. The Hall–Kier alpha value is -2.30. The Balaban J connectivity index is 1.88. The normalized spacial score (nSPS) is 14.5. The van der Waals surface area contributed by atoms with Crippen molar-refractivity contribution in [1.82, 2.24) is 0 Å². The number of hydrogen-bond acceptors (Lipinski definition) is 4. The number of Topliss-reactive ketones (excluding diaryl/α,β-unsaturated/α-hetero) is 1. The maximum atomic E-state index is 12.4. The van der Waals surface area contributed by atoms with Gasteiger partial charge in [-0.25, -0.2) is 0 Å². The van der Waals surface area contributed by atoms with Crippen molar-refractivity contribution in [3.05, 3.63) is 63.3 Å². The number of halogens is 2. The van der Waals surface area contributed by atoms with E-state index in [1.807, 2.05) is 0 Å². The van der Waals surface area contributed by atoms with Gasteiger partial charge in [-0.3, -0.25) is 9.59 Å². The number of carbonyl (C=O) groups is 2. The number of carbonyl (C=O) groups excluding carboxylic acids is 2. The van der Waals surface area contributed by atoms with Gasteiger partial charge in [0, 0.05) is 12.5 Å². The lowest BCUT2D eigenvalue weighted by molar-refractivity contribution is -0.134. The molecule has 2 aromatic carbocycles. The van der Waals surface area contributed by atoms with Gasteiger partial charge in [0.25, 0.3) is 0 Å². The van der Waals surface area contributed by atoms with Crippen LogP contribution >= 0.6 is 23.2 Å². The molecule has 2 aromatic rings. The van der Waals surface area contributed by atoms with E-state index in [9.17, 15) is 9.59 Å². The average molecular weight is 363 g/mol. The molecule has 0 radical (unpaired) electrons. The quantitative estimate of drug-likeness (QED) is 0.441. The summed E-state index contributed by atoms with van der Waals surface area (Å²) >= 11 is 11.8. The number of fused-ring (bicyclic) bond motifs is 1. The molecule has 0 aliphatic carbocycles. The highest BCUT2D eigenvalue weighted by atomic mass is 35.5. The molecule has 0 saturated carbocycles. The SMILES string of the molecule is CCC(=O)Oc1ccc2c(c1)O/C(=C\c1ccc(Cl)c(Cl)c1)C2=O. The molecule has 122 valence electrons. The lowest BCUT2D eigenvalue weighted by Crippen LogP contribution is -2.05. The molecule has 3 rings (SSSR count). The molecule has 0 aromatic heterocycles. The molecule has 4 nitrogen and oxygen atoms in total. The molecular weight excluding hydrogens is 351 g/mol. The summed E-state index contributed by atoms with van der Waals surface area (Å²) in [6, 6.07) is 9.68. The minimum atomic E-state index is -0.356. The Morgan fingerprint density at radius 3 is 2.67 bits per heavy atom. The summed E-state index contributed by atoms with van der Waals surface area (Å²) < 4.78 is 10.7. The summed E-state index contributed by atoms with van der Waals surface area (Å²) in [5, 5.41) is 0.825. The number of esters is 1. The van der Waals surface area contributed by atoms with Crippen molar-refractivity contribution in [2.45, 2.75) is 13.3 Å². The molecule has 0 spiro atoms. The molecule has 0 bridgehead atoms. The fourth-order valence-electron chi connectivity index (χ4n) is 2.19. The predicted molar refractivity (Wildman–Crippen MR) is 91.8 cm³/mol. The Labute approximate surface area is 148 Å². The first-order valence-corrected chi connectivity index (χ1v) is 7.97. The molecule has 24 heavy (non-hydrogen) atoms. The van der Waals surface area contributed by atoms with Gasteiger partial charge in [-0.2, -0.15) is 0 Å². The maximum absolute atomic E-state index is 12.4. The number of benzene rings is 2. The van der Waals surface area contributed by atoms with Crippen molar-refractivity contribution in [2.75, 3.05) is 0 Å². The smallest absolute Gasteiger partial charge is 0.310 e. The zero-order valence-corrected chi connectivity index (χ0v) is 14.1. The maximum Gasteiger partial charge on any atom is 0.310 e. The Morgan fingerprint density at radius 2 is 1.96 bits per heavy atom. The summed E-state index contributed by atoms with van der Waals surface area (Å²) in [6.45, 7) is 1.70. The summed E-state index contributed by atoms with van der Waals surface area (Å²) in [4.78, 5) is 23.7. The number of rotatable bonds is 3. The van der Waals surface area contributed by atoms with E-state index in [0.717, 1.165) is 0 Å². The van der Waals surface area contributed by atoms with E-state index < -0.39 is 0 Å². The summed E-state index contributed by atoms with van der Waals surface area (Å²) in [5.41, 5.74) is 1.11. The standard InChI is InChI=1S/C18H12Cl2O4/c1-2-17(21)23-11-4-5-12-15(9-11)24-16(18(12)22)8-10-3-6-13(19)14(20)7-10/h3-9H,2H2,1H3/b16-8-. The van der Waals surface area contributed by atoms with Crippen LogP contribution in [0.3, 0.4) is 0 Å². The van der Waals surface area contributed by atoms with E-state index in [2.05, 4.69) is 0 Å². The molecule has 0 saturated heterocycles. The minimum absolute atomic E-state index is 0.169. The monoisotopic (exact) mass is 362 g/mol. The van der Waals surface area contributed by atoms with Crippen molar-refractivity contribution in [3.8, 4) is 11.5 Å². The van der Waals surface area contributed by atoms with Crippen LogP contribution in [0.1, 0.15) is 29.3 Å². The van der Waals surface area contributed by atoms with Gasteiger partial charge in [-0.05, 0) is 35.9 Å². The fourth-order valence-corrected chi connectivity index (χ4v) is 2.49. The molecule has 0 unspecified atom stereocenters. The Kier molecular flexibility index (Phi) is 4.60. The number of hydrogen-bond donors (Lipinski definition) is 0. The summed E-state index contributed by atoms with van der Waals surface area (Å²) in [6.07, 6.45) is 1.85. The molecule has 0 fully saturated rings. The van der Waals surface area contributed by atoms with Crippen LogP contribution in [0.15, 0.2) is 42.2 Å². The zero-order valence-electron chi connectivity index (χ0n) is 12.6. The summed E-state index contributed by atoms with van der Waals surface area (Å²) in [7, 11) is 0. The first-order valence-electron chi connectivity index (χ1n) is 7.22. The topological polar surface area (TPSA) is 52.6 Å². The largest absolute Gasteiger partial charge is 0.452 e. The first kappa shape index (κ1) is 16.6. The summed E-state index contributed by atoms with van der Waals surface area (Å²) in [5.74, 6) is 0.259. The Morgan fingerprint density at radius 1 is 1.17 bits per heavy atom. The van der Waals surface area contributed by atoms with Gasteiger partial charge >= 0.3 is 5.97 Å². The van der Waals surface area contributed by atoms with Crippen LogP contribution in [-0.2, 0) is 4.79 Å². The van der Waals surface area contributed by atoms with E-state index in [4.69, 9.17) is 32.7 Å². The van der Waals surface area contributed by atoms with Crippen LogP contribution < -0.4 is 9.47 Å². The van der Waals surface area contributed by atoms with Crippen LogP contribution in [0.4, 0.5) is 0 Å². The van der Waals surface area contributed by atoms with E-state index >= 15 is 0 Å². The predicted octanol–water partition coefficient (Wildman–Crippen LogP) is 4.93. The van der Waals surface area contributed by atoms with Gasteiger partial charge in [0.05, 0.1) is 15.6 Å². The van der Waals surface area contributed by atoms with Crippen LogP contribution in [0.25, 0.3) is 6.08 Å². The highest BCUT2D eigenvalue weighted by Crippen LogP contribution is 2.35. The second-order valence-corrected chi connectivity index (χ2v) is 5.91. The van der Waals surface area contributed by atoms with Gasteiger partial charge in [-0.15, -0.1) is 0 Å². The number of ketones is 1. The lowest BCUT2D eigenvalue weighted by Gasteiger charge is -2.04. The molecule has 0 N–H and O–H groups in total. The highest BCUT2D eigenvalue weighted by molar-refractivity contribution is 6.42. The molecule has 1 aliphatic heterocycles. The van der Waals surface area contributed by atoms with Crippen molar-refractivity contribution >= 4 is 41.0 Å². The molecule has 0 atom stereocenters. The average Bonchev–Trinajstić information content (AvgIpc) is 2.86. The number of ether oxygens (including phenoxy) is 2. The first-order chi connectivity index (χ1) is 11.5. The molecular formula is C18H12Cl2O4. The van der Waals surface area contributed by atoms with E-state index in [0.29, 0.717) is 32.7 Å². The van der Waals surface area contributed by atoms with E-state index in [1.165, 1.54) is 6.07 Å². The van der Waals surface area contributed by atoms with Gasteiger partial charge in [0.2, 0.25) is 5.78 Å². The van der Waals surface area contributed by atoms with Crippen molar-refractivity contribution in [3.63, 3.8) is 0 Å². The van der Waals surface area contributed by atoms with Crippen molar-refractivity contribution in [1.29, 1.82) is 0 Å². The molecule has 1 aliphatic rings. The molecule has 1 heterocycles. The van der Waals surface area contributed by atoms with E-state index in [1.54, 1.807) is 43.3 Å². The van der Waals surface area contributed by atoms with Gasteiger partial charge in [0.15, 0.2) is 5.76 Å². The van der Waals surface area contributed by atoms with Crippen molar-refractivity contribution in [2.24, 2.45) is 0 Å². The third kappa shape index (κ3) is 3.30. The number of allylic oxidation sites excluding steroid dienone is 1.